The molecule has 0 aliphatic heterocycles. The molecule has 0 fully saturated rings. The SMILES string of the molecule is Cn1c(=O)ccc2ccc(Nc3ccccn3)cc21. The fraction of sp³-hybridized carbons (Fsp3) is 0.0667. The van der Waals surface area contributed by atoms with Gasteiger partial charge < -0.3 is 9.88 Å². The smallest absolute Gasteiger partial charge is 0.250 e. The Bertz CT molecular complexity index is 778. The Morgan fingerprint density at radius 2 is 1.95 bits per heavy atom. The normalized spacial score (nSPS) is 10.6. The number of pyridine rings is 2. The van der Waals surface area contributed by atoms with Gasteiger partial charge in [0.15, 0.2) is 0 Å². The predicted octanol–water partition coefficient (Wildman–Crippen LogP) is 2.68. The number of nitrogens with one attached hydrogen (secondary N) is 1. The van der Waals surface area contributed by atoms with Gasteiger partial charge in [-0.1, -0.05) is 12.1 Å². The molecule has 0 unspecified atom stereocenters. The molecule has 4 heteroatoms. The number of hydrogen-bond donors (Lipinski definition) is 1. The Balaban J connectivity index is 2.06. The van der Waals surface area contributed by atoms with Crippen LogP contribution in [0.25, 0.3) is 10.9 Å². The molecular formula is C15H13N3O. The summed E-state index contributed by atoms with van der Waals surface area (Å²) in [5, 5.41) is 4.25. The van der Waals surface area contributed by atoms with E-state index < -0.39 is 0 Å². The van der Waals surface area contributed by atoms with Crippen LogP contribution in [-0.2, 0) is 7.05 Å². The van der Waals surface area contributed by atoms with Crippen molar-refractivity contribution >= 4 is 22.4 Å². The van der Waals surface area contributed by atoms with E-state index in [-0.39, 0.29) is 5.56 Å². The van der Waals surface area contributed by atoms with Crippen LogP contribution in [0.2, 0.25) is 0 Å². The highest BCUT2D eigenvalue weighted by Crippen LogP contribution is 2.20. The van der Waals surface area contributed by atoms with Gasteiger partial charge in [-0.05, 0) is 35.7 Å². The van der Waals surface area contributed by atoms with Crippen molar-refractivity contribution in [3.05, 3.63) is 65.1 Å². The standard InChI is InChI=1S/C15H13N3O/c1-18-13-10-12(17-14-4-2-3-9-16-14)7-5-11(13)6-8-15(18)19/h2-10H,1H3,(H,16,17). The molecule has 0 aliphatic rings. The molecule has 0 atom stereocenters. The van der Waals surface area contributed by atoms with E-state index in [4.69, 9.17) is 0 Å². The van der Waals surface area contributed by atoms with E-state index in [0.717, 1.165) is 22.4 Å². The Morgan fingerprint density at radius 1 is 1.11 bits per heavy atom. The summed E-state index contributed by atoms with van der Waals surface area (Å²) in [7, 11) is 1.77. The predicted molar refractivity (Wildman–Crippen MR) is 76.7 cm³/mol. The summed E-state index contributed by atoms with van der Waals surface area (Å²) >= 11 is 0. The number of aryl methyl sites for hydroxylation is 1. The minimum atomic E-state index is -0.0116. The van der Waals surface area contributed by atoms with Crippen molar-refractivity contribution in [2.45, 2.75) is 0 Å². The van der Waals surface area contributed by atoms with Gasteiger partial charge in [0.05, 0.1) is 5.52 Å². The molecule has 0 radical (unpaired) electrons. The summed E-state index contributed by atoms with van der Waals surface area (Å²) in [5.74, 6) is 0.780. The largest absolute Gasteiger partial charge is 0.340 e. The van der Waals surface area contributed by atoms with Crippen LogP contribution in [0.3, 0.4) is 0 Å². The number of anilines is 2. The number of rotatable bonds is 2. The second-order valence-electron chi connectivity index (χ2n) is 4.34. The Morgan fingerprint density at radius 3 is 2.74 bits per heavy atom. The number of aromatic nitrogens is 2. The van der Waals surface area contributed by atoms with Crippen LogP contribution in [0.4, 0.5) is 11.5 Å². The van der Waals surface area contributed by atoms with Crippen molar-refractivity contribution in [2.75, 3.05) is 5.32 Å². The van der Waals surface area contributed by atoms with E-state index in [1.807, 2.05) is 42.5 Å². The summed E-state index contributed by atoms with van der Waals surface area (Å²) in [5.41, 5.74) is 1.79. The molecule has 19 heavy (non-hydrogen) atoms. The van der Waals surface area contributed by atoms with Crippen LogP contribution in [-0.4, -0.2) is 9.55 Å². The average Bonchev–Trinajstić information content (AvgIpc) is 2.45. The first-order valence-corrected chi connectivity index (χ1v) is 6.02. The third-order valence-corrected chi connectivity index (χ3v) is 3.07. The molecule has 3 rings (SSSR count). The van der Waals surface area contributed by atoms with Gasteiger partial charge in [0, 0.05) is 25.0 Å². The lowest BCUT2D eigenvalue weighted by molar-refractivity contribution is 0.906. The van der Waals surface area contributed by atoms with Gasteiger partial charge in [0.25, 0.3) is 5.56 Å². The Kier molecular flexibility index (Phi) is 2.76. The minimum Gasteiger partial charge on any atom is -0.340 e. The van der Waals surface area contributed by atoms with Crippen molar-refractivity contribution in [3.63, 3.8) is 0 Å². The van der Waals surface area contributed by atoms with E-state index >= 15 is 0 Å². The molecule has 3 aromatic rings. The number of benzene rings is 1. The first kappa shape index (κ1) is 11.5. The lowest BCUT2D eigenvalue weighted by Gasteiger charge is -2.09. The first-order valence-electron chi connectivity index (χ1n) is 6.02. The first-order chi connectivity index (χ1) is 9.24. The highest BCUT2D eigenvalue weighted by atomic mass is 16.1. The zero-order chi connectivity index (χ0) is 13.2. The van der Waals surface area contributed by atoms with Gasteiger partial charge in [0.1, 0.15) is 5.82 Å². The summed E-state index contributed by atoms with van der Waals surface area (Å²) in [6, 6.07) is 15.0. The highest BCUT2D eigenvalue weighted by molar-refractivity contribution is 5.83. The van der Waals surface area contributed by atoms with Crippen LogP contribution in [0.5, 0.6) is 0 Å². The van der Waals surface area contributed by atoms with Crippen LogP contribution in [0, 0.1) is 0 Å². The number of fused-ring (bicyclic) bond motifs is 1. The van der Waals surface area contributed by atoms with Crippen LogP contribution >= 0.6 is 0 Å². The van der Waals surface area contributed by atoms with Crippen LogP contribution in [0.15, 0.2) is 59.5 Å². The lowest BCUT2D eigenvalue weighted by atomic mass is 10.2. The topological polar surface area (TPSA) is 46.9 Å². The lowest BCUT2D eigenvalue weighted by Crippen LogP contribution is -2.15. The maximum atomic E-state index is 11.6. The second-order valence-corrected chi connectivity index (χ2v) is 4.34. The van der Waals surface area contributed by atoms with E-state index in [0.29, 0.717) is 0 Å². The van der Waals surface area contributed by atoms with Gasteiger partial charge in [-0.15, -0.1) is 0 Å². The zero-order valence-electron chi connectivity index (χ0n) is 10.5. The molecule has 0 amide bonds. The number of nitrogens with zero attached hydrogens (tertiary/aromatic N) is 2. The van der Waals surface area contributed by atoms with Gasteiger partial charge in [-0.25, -0.2) is 4.98 Å². The molecule has 94 valence electrons. The molecule has 1 aromatic carbocycles. The number of hydrogen-bond acceptors (Lipinski definition) is 3. The third kappa shape index (κ3) is 2.20. The fourth-order valence-corrected chi connectivity index (χ4v) is 2.03. The molecule has 2 aromatic heterocycles. The Hall–Kier alpha value is -2.62. The van der Waals surface area contributed by atoms with Crippen molar-refractivity contribution in [3.8, 4) is 0 Å². The molecule has 1 N–H and O–H groups in total. The van der Waals surface area contributed by atoms with Gasteiger partial charge in [-0.2, -0.15) is 0 Å². The molecule has 0 spiro atoms. The highest BCUT2D eigenvalue weighted by Gasteiger charge is 2.01. The molecule has 0 bridgehead atoms. The summed E-state index contributed by atoms with van der Waals surface area (Å²) in [4.78, 5) is 15.8. The quantitative estimate of drug-likeness (QED) is 0.761. The molecule has 4 nitrogen and oxygen atoms in total. The molecule has 0 saturated heterocycles. The fourth-order valence-electron chi connectivity index (χ4n) is 2.03. The van der Waals surface area contributed by atoms with Crippen molar-refractivity contribution in [2.24, 2.45) is 7.05 Å². The van der Waals surface area contributed by atoms with Crippen LogP contribution < -0.4 is 10.9 Å². The molecule has 2 heterocycles. The molecular weight excluding hydrogens is 238 g/mol. The maximum Gasteiger partial charge on any atom is 0.250 e. The van der Waals surface area contributed by atoms with Crippen molar-refractivity contribution in [1.82, 2.24) is 9.55 Å². The zero-order valence-corrected chi connectivity index (χ0v) is 10.5. The van der Waals surface area contributed by atoms with E-state index in [9.17, 15) is 4.79 Å². The van der Waals surface area contributed by atoms with E-state index in [2.05, 4.69) is 10.3 Å². The molecule has 0 saturated carbocycles. The maximum absolute atomic E-state index is 11.6. The van der Waals surface area contributed by atoms with Gasteiger partial charge in [-0.3, -0.25) is 4.79 Å². The van der Waals surface area contributed by atoms with E-state index in [1.165, 1.54) is 0 Å². The van der Waals surface area contributed by atoms with Gasteiger partial charge in [0.2, 0.25) is 0 Å². The third-order valence-electron chi connectivity index (χ3n) is 3.07. The van der Waals surface area contributed by atoms with E-state index in [1.54, 1.807) is 23.9 Å². The van der Waals surface area contributed by atoms with Crippen LogP contribution in [0.1, 0.15) is 0 Å². The average molecular weight is 251 g/mol. The van der Waals surface area contributed by atoms with Crippen molar-refractivity contribution < 1.29 is 0 Å². The molecule has 0 aliphatic carbocycles. The summed E-state index contributed by atoms with van der Waals surface area (Å²) in [6.45, 7) is 0. The van der Waals surface area contributed by atoms with Gasteiger partial charge >= 0.3 is 0 Å². The van der Waals surface area contributed by atoms with Crippen molar-refractivity contribution in [1.29, 1.82) is 0 Å². The minimum absolute atomic E-state index is 0.0116. The summed E-state index contributed by atoms with van der Waals surface area (Å²) < 4.78 is 1.64. The monoisotopic (exact) mass is 251 g/mol. The second kappa shape index (κ2) is 4.57. The Labute approximate surface area is 110 Å². The summed E-state index contributed by atoms with van der Waals surface area (Å²) in [6.07, 6.45) is 1.74.